The lowest BCUT2D eigenvalue weighted by Crippen LogP contribution is -2.35. The summed E-state index contributed by atoms with van der Waals surface area (Å²) in [7, 11) is 1.50. The highest BCUT2D eigenvalue weighted by Gasteiger charge is 2.20. The Labute approximate surface area is 122 Å². The van der Waals surface area contributed by atoms with Crippen molar-refractivity contribution in [1.82, 2.24) is 10.6 Å². The number of nitrogens with one attached hydrogen (secondary N) is 2. The van der Waals surface area contributed by atoms with Crippen molar-refractivity contribution < 1.29 is 14.3 Å². The zero-order valence-electron chi connectivity index (χ0n) is 11.2. The van der Waals surface area contributed by atoms with Crippen LogP contribution in [0.2, 0.25) is 5.02 Å². The van der Waals surface area contributed by atoms with Crippen molar-refractivity contribution >= 4 is 23.4 Å². The maximum atomic E-state index is 12.3. The maximum absolute atomic E-state index is 12.3. The molecule has 1 aliphatic rings. The van der Waals surface area contributed by atoms with Gasteiger partial charge in [-0.3, -0.25) is 9.59 Å². The summed E-state index contributed by atoms with van der Waals surface area (Å²) in [6.45, 7) is 0.585. The highest BCUT2D eigenvalue weighted by Crippen LogP contribution is 2.23. The van der Waals surface area contributed by atoms with Crippen molar-refractivity contribution in [2.24, 2.45) is 0 Å². The normalized spacial score (nSPS) is 18.9. The molecule has 0 radical (unpaired) electrons. The van der Waals surface area contributed by atoms with Crippen molar-refractivity contribution in [2.45, 2.75) is 25.3 Å². The number of carbonyl (C=O) groups is 2. The number of rotatable bonds is 3. The Bertz CT molecular complexity index is 519. The number of ether oxygens (including phenoxy) is 1. The van der Waals surface area contributed by atoms with E-state index in [-0.39, 0.29) is 17.9 Å². The van der Waals surface area contributed by atoms with Crippen molar-refractivity contribution in [3.8, 4) is 5.75 Å². The Hall–Kier alpha value is -1.75. The quantitative estimate of drug-likeness (QED) is 0.893. The van der Waals surface area contributed by atoms with Gasteiger partial charge < -0.3 is 15.4 Å². The lowest BCUT2D eigenvalue weighted by Gasteiger charge is -2.16. The fraction of sp³-hybridized carbons (Fsp3) is 0.429. The predicted octanol–water partition coefficient (Wildman–Crippen LogP) is 1.75. The number of benzene rings is 1. The second kappa shape index (κ2) is 6.61. The van der Waals surface area contributed by atoms with E-state index in [2.05, 4.69) is 10.6 Å². The molecule has 0 aromatic heterocycles. The standard InChI is InChI=1S/C14H17ClN2O3/c1-20-12-8-9(15)2-4-11(12)14(19)17-10-3-5-13(18)16-7-6-10/h2,4,8,10H,3,5-7H2,1H3,(H,16,18)(H,17,19). The summed E-state index contributed by atoms with van der Waals surface area (Å²) < 4.78 is 5.17. The lowest BCUT2D eigenvalue weighted by molar-refractivity contribution is -0.120. The predicted molar refractivity (Wildman–Crippen MR) is 76.1 cm³/mol. The van der Waals surface area contributed by atoms with Crippen molar-refractivity contribution in [1.29, 1.82) is 0 Å². The smallest absolute Gasteiger partial charge is 0.255 e. The Kier molecular flexibility index (Phi) is 4.84. The Morgan fingerprint density at radius 3 is 3.00 bits per heavy atom. The van der Waals surface area contributed by atoms with Gasteiger partial charge in [0.15, 0.2) is 0 Å². The number of hydrogen-bond donors (Lipinski definition) is 2. The van der Waals surface area contributed by atoms with E-state index in [1.165, 1.54) is 7.11 Å². The summed E-state index contributed by atoms with van der Waals surface area (Å²) in [4.78, 5) is 23.5. The molecular weight excluding hydrogens is 280 g/mol. The molecular formula is C14H17ClN2O3. The zero-order valence-corrected chi connectivity index (χ0v) is 12.0. The molecule has 0 saturated carbocycles. The summed E-state index contributed by atoms with van der Waals surface area (Å²) in [5.41, 5.74) is 0.445. The summed E-state index contributed by atoms with van der Waals surface area (Å²) >= 11 is 5.87. The van der Waals surface area contributed by atoms with Crippen molar-refractivity contribution in [3.05, 3.63) is 28.8 Å². The average molecular weight is 297 g/mol. The Morgan fingerprint density at radius 1 is 1.45 bits per heavy atom. The van der Waals surface area contributed by atoms with E-state index in [1.807, 2.05) is 0 Å². The molecule has 20 heavy (non-hydrogen) atoms. The molecule has 1 fully saturated rings. The second-order valence-corrected chi connectivity index (χ2v) is 5.13. The average Bonchev–Trinajstić information content (AvgIpc) is 2.63. The molecule has 2 rings (SSSR count). The largest absolute Gasteiger partial charge is 0.496 e. The topological polar surface area (TPSA) is 67.4 Å². The SMILES string of the molecule is COc1cc(Cl)ccc1C(=O)NC1CCNC(=O)CC1. The highest BCUT2D eigenvalue weighted by atomic mass is 35.5. The number of hydrogen-bond acceptors (Lipinski definition) is 3. The van der Waals surface area contributed by atoms with E-state index in [1.54, 1.807) is 18.2 Å². The fourth-order valence-corrected chi connectivity index (χ4v) is 2.35. The fourth-order valence-electron chi connectivity index (χ4n) is 2.18. The first-order valence-electron chi connectivity index (χ1n) is 6.51. The van der Waals surface area contributed by atoms with Gasteiger partial charge in [-0.25, -0.2) is 0 Å². The first-order valence-corrected chi connectivity index (χ1v) is 6.89. The molecule has 0 bridgehead atoms. The third-order valence-corrected chi connectivity index (χ3v) is 3.51. The summed E-state index contributed by atoms with van der Waals surface area (Å²) in [5, 5.41) is 6.24. The first kappa shape index (κ1) is 14.7. The van der Waals surface area contributed by atoms with Crippen LogP contribution in [0.4, 0.5) is 0 Å². The van der Waals surface area contributed by atoms with Crippen LogP contribution < -0.4 is 15.4 Å². The van der Waals surface area contributed by atoms with Crippen molar-refractivity contribution in [2.75, 3.05) is 13.7 Å². The van der Waals surface area contributed by atoms with Crippen LogP contribution >= 0.6 is 11.6 Å². The minimum atomic E-state index is -0.210. The summed E-state index contributed by atoms with van der Waals surface area (Å²) in [5.74, 6) is 0.265. The number of halogens is 1. The second-order valence-electron chi connectivity index (χ2n) is 4.69. The van der Waals surface area contributed by atoms with E-state index < -0.39 is 0 Å². The van der Waals surface area contributed by atoms with Gasteiger partial charge >= 0.3 is 0 Å². The van der Waals surface area contributed by atoms with Crippen LogP contribution in [0.3, 0.4) is 0 Å². The minimum absolute atomic E-state index is 0.0122. The van der Waals surface area contributed by atoms with Crippen LogP contribution in [-0.4, -0.2) is 31.5 Å². The van der Waals surface area contributed by atoms with E-state index in [9.17, 15) is 9.59 Å². The van der Waals surface area contributed by atoms with Gasteiger partial charge in [0.1, 0.15) is 5.75 Å². The minimum Gasteiger partial charge on any atom is -0.496 e. The van der Waals surface area contributed by atoms with Gasteiger partial charge in [0, 0.05) is 24.0 Å². The molecule has 1 heterocycles. The van der Waals surface area contributed by atoms with Crippen LogP contribution in [0.5, 0.6) is 5.75 Å². The van der Waals surface area contributed by atoms with E-state index in [0.29, 0.717) is 35.7 Å². The highest BCUT2D eigenvalue weighted by molar-refractivity contribution is 6.30. The number of amides is 2. The van der Waals surface area contributed by atoms with Gasteiger partial charge in [0.05, 0.1) is 12.7 Å². The molecule has 1 aliphatic heterocycles. The molecule has 0 spiro atoms. The monoisotopic (exact) mass is 296 g/mol. The van der Waals surface area contributed by atoms with Crippen LogP contribution in [0, 0.1) is 0 Å². The molecule has 2 amide bonds. The van der Waals surface area contributed by atoms with Gasteiger partial charge in [-0.05, 0) is 31.0 Å². The van der Waals surface area contributed by atoms with Gasteiger partial charge in [-0.2, -0.15) is 0 Å². The van der Waals surface area contributed by atoms with E-state index in [0.717, 1.165) is 6.42 Å². The first-order chi connectivity index (χ1) is 9.60. The lowest BCUT2D eigenvalue weighted by atomic mass is 10.1. The van der Waals surface area contributed by atoms with E-state index in [4.69, 9.17) is 16.3 Å². The van der Waals surface area contributed by atoms with Crippen LogP contribution in [0.15, 0.2) is 18.2 Å². The molecule has 1 atom stereocenters. The van der Waals surface area contributed by atoms with Gasteiger partial charge in [-0.1, -0.05) is 11.6 Å². The zero-order chi connectivity index (χ0) is 14.5. The van der Waals surface area contributed by atoms with E-state index >= 15 is 0 Å². The van der Waals surface area contributed by atoms with Gasteiger partial charge in [0.2, 0.25) is 5.91 Å². The molecule has 1 aromatic carbocycles. The third-order valence-electron chi connectivity index (χ3n) is 3.28. The Morgan fingerprint density at radius 2 is 2.25 bits per heavy atom. The number of carbonyl (C=O) groups excluding carboxylic acids is 2. The van der Waals surface area contributed by atoms with Gasteiger partial charge in [0.25, 0.3) is 5.91 Å². The molecule has 6 heteroatoms. The van der Waals surface area contributed by atoms with Crippen molar-refractivity contribution in [3.63, 3.8) is 0 Å². The van der Waals surface area contributed by atoms with Crippen LogP contribution in [-0.2, 0) is 4.79 Å². The Balaban J connectivity index is 2.06. The molecule has 1 saturated heterocycles. The molecule has 2 N–H and O–H groups in total. The number of methoxy groups -OCH3 is 1. The molecule has 0 aliphatic carbocycles. The van der Waals surface area contributed by atoms with Crippen LogP contribution in [0.1, 0.15) is 29.6 Å². The summed E-state index contributed by atoms with van der Waals surface area (Å²) in [6.07, 6.45) is 1.81. The van der Waals surface area contributed by atoms with Gasteiger partial charge in [-0.15, -0.1) is 0 Å². The molecule has 5 nitrogen and oxygen atoms in total. The molecule has 1 aromatic rings. The van der Waals surface area contributed by atoms with Crippen LogP contribution in [0.25, 0.3) is 0 Å². The molecule has 1 unspecified atom stereocenters. The molecule has 108 valence electrons. The summed E-state index contributed by atoms with van der Waals surface area (Å²) in [6, 6.07) is 4.88. The third kappa shape index (κ3) is 3.63. The maximum Gasteiger partial charge on any atom is 0.255 e.